The van der Waals surface area contributed by atoms with Crippen molar-refractivity contribution in [2.45, 2.75) is 20.8 Å². The molecule has 0 aliphatic carbocycles. The number of nitrogens with zero attached hydrogens (tertiary/aromatic N) is 3. The molecule has 0 radical (unpaired) electrons. The van der Waals surface area contributed by atoms with Gasteiger partial charge in [0, 0.05) is 26.3 Å². The van der Waals surface area contributed by atoms with Crippen LogP contribution in [0.1, 0.15) is 19.4 Å². The smallest absolute Gasteiger partial charge is 0.128 e. The largest absolute Gasteiger partial charge is 0.358 e. The van der Waals surface area contributed by atoms with Crippen molar-refractivity contribution in [1.29, 1.82) is 0 Å². The zero-order chi connectivity index (χ0) is 12.6. The lowest BCUT2D eigenvalue weighted by molar-refractivity contribution is 0.416. The Bertz CT molecular complexity index is 267. The van der Waals surface area contributed by atoms with Gasteiger partial charge in [-0.3, -0.25) is 0 Å². The van der Waals surface area contributed by atoms with Crippen molar-refractivity contribution in [3.8, 4) is 0 Å². The fraction of sp³-hybridized carbons (Fsp3) is 0.615. The van der Waals surface area contributed by atoms with Crippen LogP contribution >= 0.6 is 0 Å². The molecule has 0 unspecified atom stereocenters. The van der Waals surface area contributed by atoms with Crippen LogP contribution in [0.25, 0.3) is 0 Å². The van der Waals surface area contributed by atoms with E-state index in [0.29, 0.717) is 0 Å². The fourth-order valence-corrected chi connectivity index (χ4v) is 1.15. The van der Waals surface area contributed by atoms with E-state index in [-0.39, 0.29) is 0 Å². The van der Waals surface area contributed by atoms with E-state index in [1.807, 2.05) is 20.0 Å². The van der Waals surface area contributed by atoms with Crippen LogP contribution in [0.5, 0.6) is 0 Å². The maximum absolute atomic E-state index is 4.36. The van der Waals surface area contributed by atoms with Crippen LogP contribution in [0.3, 0.4) is 0 Å². The summed E-state index contributed by atoms with van der Waals surface area (Å²) in [7, 11) is 6.23. The van der Waals surface area contributed by atoms with E-state index in [1.165, 1.54) is 5.56 Å². The zero-order valence-electron chi connectivity index (χ0n) is 11.5. The number of pyridine rings is 1. The van der Waals surface area contributed by atoms with Crippen LogP contribution in [0.4, 0.5) is 5.82 Å². The molecular formula is C13H25N3. The summed E-state index contributed by atoms with van der Waals surface area (Å²) in [6.07, 6.45) is 1.90. The minimum atomic E-state index is 1.00. The number of rotatable bonds is 4. The molecule has 0 aromatic carbocycles. The molecule has 1 heterocycles. The predicted molar refractivity (Wildman–Crippen MR) is 72.1 cm³/mol. The number of likely N-dealkylation sites (N-methyl/N-ethyl adjacent to an activating group) is 2. The molecule has 0 spiro atoms. The maximum Gasteiger partial charge on any atom is 0.128 e. The molecular weight excluding hydrogens is 198 g/mol. The Hall–Kier alpha value is -1.09. The summed E-state index contributed by atoms with van der Waals surface area (Å²) >= 11 is 0. The normalized spacial score (nSPS) is 9.69. The fourth-order valence-electron chi connectivity index (χ4n) is 1.15. The first-order valence-corrected chi connectivity index (χ1v) is 5.88. The molecule has 0 saturated heterocycles. The Morgan fingerprint density at radius 3 is 2.12 bits per heavy atom. The first-order valence-electron chi connectivity index (χ1n) is 5.88. The number of aryl methyl sites for hydroxylation is 1. The summed E-state index contributed by atoms with van der Waals surface area (Å²) in [6, 6.07) is 4.15. The molecule has 0 fully saturated rings. The Balaban J connectivity index is 0.00000106. The molecule has 0 atom stereocenters. The number of anilines is 1. The standard InChI is InChI=1S/C11H19N3.C2H6/c1-10-5-6-11(12-9-10)14(4)8-7-13(2)3;1-2/h5-6,9H,7-8H2,1-4H3;1-2H3. The van der Waals surface area contributed by atoms with E-state index in [9.17, 15) is 0 Å². The monoisotopic (exact) mass is 223 g/mol. The van der Waals surface area contributed by atoms with Gasteiger partial charge in [0.05, 0.1) is 0 Å². The van der Waals surface area contributed by atoms with Crippen LogP contribution in [-0.2, 0) is 0 Å². The molecule has 92 valence electrons. The van der Waals surface area contributed by atoms with Crippen molar-refractivity contribution in [2.24, 2.45) is 0 Å². The third-order valence-corrected chi connectivity index (χ3v) is 2.17. The van der Waals surface area contributed by atoms with E-state index in [0.717, 1.165) is 18.9 Å². The summed E-state index contributed by atoms with van der Waals surface area (Å²) in [5.41, 5.74) is 1.20. The van der Waals surface area contributed by atoms with Gasteiger partial charge in [0.2, 0.25) is 0 Å². The number of hydrogen-bond donors (Lipinski definition) is 0. The maximum atomic E-state index is 4.36. The second-order valence-electron chi connectivity index (χ2n) is 3.92. The third kappa shape index (κ3) is 5.71. The average molecular weight is 223 g/mol. The molecule has 0 aliphatic rings. The third-order valence-electron chi connectivity index (χ3n) is 2.17. The molecule has 0 N–H and O–H groups in total. The van der Waals surface area contributed by atoms with E-state index >= 15 is 0 Å². The zero-order valence-corrected chi connectivity index (χ0v) is 11.5. The lowest BCUT2D eigenvalue weighted by Gasteiger charge is -2.20. The van der Waals surface area contributed by atoms with Gasteiger partial charge in [0.15, 0.2) is 0 Å². The van der Waals surface area contributed by atoms with Crippen molar-refractivity contribution >= 4 is 5.82 Å². The van der Waals surface area contributed by atoms with Crippen LogP contribution in [0.2, 0.25) is 0 Å². The minimum Gasteiger partial charge on any atom is -0.358 e. The van der Waals surface area contributed by atoms with Crippen LogP contribution < -0.4 is 4.90 Å². The molecule has 3 heteroatoms. The molecule has 0 saturated carbocycles. The lowest BCUT2D eigenvalue weighted by atomic mass is 10.3. The van der Waals surface area contributed by atoms with E-state index in [1.54, 1.807) is 0 Å². The van der Waals surface area contributed by atoms with Crippen LogP contribution in [-0.4, -0.2) is 44.1 Å². The molecule has 1 aromatic rings. The van der Waals surface area contributed by atoms with Gasteiger partial charge >= 0.3 is 0 Å². The van der Waals surface area contributed by atoms with Crippen molar-refractivity contribution in [3.63, 3.8) is 0 Å². The molecule has 0 bridgehead atoms. The minimum absolute atomic E-state index is 1.00. The Morgan fingerprint density at radius 2 is 1.69 bits per heavy atom. The van der Waals surface area contributed by atoms with Gasteiger partial charge in [-0.15, -0.1) is 0 Å². The Labute approximate surface area is 100 Å². The summed E-state index contributed by atoms with van der Waals surface area (Å²) in [5.74, 6) is 1.04. The van der Waals surface area contributed by atoms with Gasteiger partial charge < -0.3 is 9.80 Å². The van der Waals surface area contributed by atoms with Crippen molar-refractivity contribution in [3.05, 3.63) is 23.9 Å². The number of aromatic nitrogens is 1. The van der Waals surface area contributed by atoms with Crippen molar-refractivity contribution in [2.75, 3.05) is 39.1 Å². The van der Waals surface area contributed by atoms with Gasteiger partial charge in [-0.1, -0.05) is 19.9 Å². The molecule has 0 amide bonds. The number of hydrogen-bond acceptors (Lipinski definition) is 3. The van der Waals surface area contributed by atoms with Gasteiger partial charge in [-0.05, 0) is 32.6 Å². The summed E-state index contributed by atoms with van der Waals surface area (Å²) in [5, 5.41) is 0. The van der Waals surface area contributed by atoms with Crippen LogP contribution in [0, 0.1) is 6.92 Å². The van der Waals surface area contributed by atoms with Crippen molar-refractivity contribution < 1.29 is 0 Å². The van der Waals surface area contributed by atoms with Gasteiger partial charge in [-0.2, -0.15) is 0 Å². The highest BCUT2D eigenvalue weighted by Gasteiger charge is 2.01. The van der Waals surface area contributed by atoms with Gasteiger partial charge in [0.1, 0.15) is 5.82 Å². The summed E-state index contributed by atoms with van der Waals surface area (Å²) < 4.78 is 0. The predicted octanol–water partition coefficient (Wildman–Crippen LogP) is 2.41. The Morgan fingerprint density at radius 1 is 1.06 bits per heavy atom. The van der Waals surface area contributed by atoms with Crippen molar-refractivity contribution in [1.82, 2.24) is 9.88 Å². The van der Waals surface area contributed by atoms with E-state index < -0.39 is 0 Å². The highest BCUT2D eigenvalue weighted by molar-refractivity contribution is 5.37. The quantitative estimate of drug-likeness (QED) is 0.781. The topological polar surface area (TPSA) is 19.4 Å². The molecule has 1 aromatic heterocycles. The second-order valence-corrected chi connectivity index (χ2v) is 3.92. The average Bonchev–Trinajstić information content (AvgIpc) is 2.29. The molecule has 1 rings (SSSR count). The molecule has 16 heavy (non-hydrogen) atoms. The second kappa shape index (κ2) is 8.11. The first kappa shape index (κ1) is 14.9. The SMILES string of the molecule is CC.Cc1ccc(N(C)CCN(C)C)nc1. The summed E-state index contributed by atoms with van der Waals surface area (Å²) in [6.45, 7) is 8.10. The van der Waals surface area contributed by atoms with E-state index in [4.69, 9.17) is 0 Å². The highest BCUT2D eigenvalue weighted by Crippen LogP contribution is 2.08. The van der Waals surface area contributed by atoms with Crippen LogP contribution in [0.15, 0.2) is 18.3 Å². The molecule has 0 aliphatic heterocycles. The Kier molecular flexibility index (Phi) is 7.56. The highest BCUT2D eigenvalue weighted by atomic mass is 15.2. The summed E-state index contributed by atoms with van der Waals surface area (Å²) in [4.78, 5) is 8.70. The van der Waals surface area contributed by atoms with E-state index in [2.05, 4.69) is 55.0 Å². The van der Waals surface area contributed by atoms with Gasteiger partial charge in [0.25, 0.3) is 0 Å². The molecule has 3 nitrogen and oxygen atoms in total. The lowest BCUT2D eigenvalue weighted by Crippen LogP contribution is -2.28. The first-order chi connectivity index (χ1) is 7.59. The van der Waals surface area contributed by atoms with Gasteiger partial charge in [-0.25, -0.2) is 4.98 Å².